The second kappa shape index (κ2) is 9.50. The van der Waals surface area contributed by atoms with Crippen LogP contribution in [0.3, 0.4) is 0 Å². The third kappa shape index (κ3) is 5.10. The molecule has 1 aliphatic rings. The Morgan fingerprint density at radius 3 is 2.36 bits per heavy atom. The second-order valence-electron chi connectivity index (χ2n) is 7.30. The molecule has 1 fully saturated rings. The molecule has 5 nitrogen and oxygen atoms in total. The number of aliphatic hydroxyl groups excluding tert-OH is 1. The van der Waals surface area contributed by atoms with E-state index in [-0.39, 0.29) is 6.61 Å². The molecule has 28 heavy (non-hydrogen) atoms. The summed E-state index contributed by atoms with van der Waals surface area (Å²) in [6.45, 7) is 8.40. The van der Waals surface area contributed by atoms with Crippen LogP contribution >= 0.6 is 11.6 Å². The van der Waals surface area contributed by atoms with Crippen molar-refractivity contribution in [3.05, 3.63) is 52.5 Å². The summed E-state index contributed by atoms with van der Waals surface area (Å²) >= 11 is 6.19. The number of hydrogen-bond acceptors (Lipinski definition) is 5. The Labute approximate surface area is 172 Å². The molecule has 6 heteroatoms. The van der Waals surface area contributed by atoms with Gasteiger partial charge in [0, 0.05) is 37.7 Å². The van der Waals surface area contributed by atoms with Crippen LogP contribution in [0.1, 0.15) is 11.1 Å². The number of anilines is 1. The number of ether oxygens (including phenoxy) is 2. The van der Waals surface area contributed by atoms with Gasteiger partial charge in [-0.2, -0.15) is 0 Å². The number of piperazine rings is 1. The van der Waals surface area contributed by atoms with Crippen molar-refractivity contribution in [3.63, 3.8) is 0 Å². The largest absolute Gasteiger partial charge is 0.495 e. The van der Waals surface area contributed by atoms with E-state index in [0.717, 1.165) is 59.5 Å². The van der Waals surface area contributed by atoms with Crippen molar-refractivity contribution >= 4 is 17.3 Å². The van der Waals surface area contributed by atoms with E-state index >= 15 is 0 Å². The van der Waals surface area contributed by atoms with E-state index in [1.54, 1.807) is 7.11 Å². The molecule has 0 aliphatic carbocycles. The topological polar surface area (TPSA) is 45.2 Å². The molecule has 152 valence electrons. The summed E-state index contributed by atoms with van der Waals surface area (Å²) in [5, 5.41) is 11.2. The van der Waals surface area contributed by atoms with Crippen LogP contribution in [0.2, 0.25) is 5.02 Å². The quantitative estimate of drug-likeness (QED) is 0.764. The molecule has 1 saturated heterocycles. The number of aliphatic hydroxyl groups is 1. The van der Waals surface area contributed by atoms with Crippen LogP contribution in [0.25, 0.3) is 0 Å². The van der Waals surface area contributed by atoms with Crippen LogP contribution < -0.4 is 14.4 Å². The van der Waals surface area contributed by atoms with Gasteiger partial charge in [-0.3, -0.25) is 4.90 Å². The van der Waals surface area contributed by atoms with Gasteiger partial charge >= 0.3 is 0 Å². The highest BCUT2D eigenvalue weighted by molar-refractivity contribution is 6.32. The van der Waals surface area contributed by atoms with Gasteiger partial charge < -0.3 is 19.5 Å². The molecule has 0 amide bonds. The summed E-state index contributed by atoms with van der Waals surface area (Å²) < 4.78 is 11.3. The summed E-state index contributed by atoms with van der Waals surface area (Å²) in [6, 6.07) is 11.9. The van der Waals surface area contributed by atoms with E-state index < -0.39 is 6.10 Å². The van der Waals surface area contributed by atoms with E-state index in [1.807, 2.05) is 44.2 Å². The van der Waals surface area contributed by atoms with Gasteiger partial charge in [0.05, 0.1) is 12.8 Å². The molecule has 1 aliphatic heterocycles. The Bertz CT molecular complexity index is 768. The monoisotopic (exact) mass is 404 g/mol. The zero-order valence-electron chi connectivity index (χ0n) is 16.8. The second-order valence-corrected chi connectivity index (χ2v) is 7.67. The van der Waals surface area contributed by atoms with E-state index in [2.05, 4.69) is 15.9 Å². The minimum atomic E-state index is -0.533. The van der Waals surface area contributed by atoms with Crippen LogP contribution in [-0.4, -0.2) is 62.6 Å². The molecule has 1 heterocycles. The fourth-order valence-electron chi connectivity index (χ4n) is 3.60. The Kier molecular flexibility index (Phi) is 7.05. The lowest BCUT2D eigenvalue weighted by molar-refractivity contribution is 0.0662. The molecule has 1 atom stereocenters. The molecule has 0 bridgehead atoms. The number of rotatable bonds is 7. The number of benzene rings is 2. The first-order chi connectivity index (χ1) is 13.5. The fourth-order valence-corrected chi connectivity index (χ4v) is 3.70. The number of β-amino-alcohol motifs (C(OH)–C–C–N with tert-alkyl or cyclic N) is 1. The van der Waals surface area contributed by atoms with Crippen molar-refractivity contribution < 1.29 is 14.6 Å². The highest BCUT2D eigenvalue weighted by Gasteiger charge is 2.21. The third-order valence-corrected chi connectivity index (χ3v) is 5.72. The maximum absolute atomic E-state index is 10.4. The number of aryl methyl sites for hydroxylation is 2. The van der Waals surface area contributed by atoms with Crippen molar-refractivity contribution in [1.82, 2.24) is 4.90 Å². The summed E-state index contributed by atoms with van der Waals surface area (Å²) in [4.78, 5) is 4.61. The summed E-state index contributed by atoms with van der Waals surface area (Å²) in [5.41, 5.74) is 3.10. The molecule has 0 aromatic heterocycles. The van der Waals surface area contributed by atoms with Gasteiger partial charge in [-0.1, -0.05) is 23.7 Å². The Morgan fingerprint density at radius 1 is 1.07 bits per heavy atom. The van der Waals surface area contributed by atoms with E-state index in [0.29, 0.717) is 6.54 Å². The smallest absolute Gasteiger partial charge is 0.142 e. The highest BCUT2D eigenvalue weighted by Crippen LogP contribution is 2.28. The van der Waals surface area contributed by atoms with Crippen molar-refractivity contribution in [2.45, 2.75) is 20.0 Å². The van der Waals surface area contributed by atoms with Gasteiger partial charge in [-0.25, -0.2) is 0 Å². The minimum absolute atomic E-state index is 0.271. The van der Waals surface area contributed by atoms with Crippen molar-refractivity contribution in [3.8, 4) is 11.5 Å². The first kappa shape index (κ1) is 20.8. The SMILES string of the molecule is COc1ccccc1N1CCN(CC(O)COc2cc(C)c(Cl)c(C)c2)CC1. The van der Waals surface area contributed by atoms with Crippen LogP contribution in [0.5, 0.6) is 11.5 Å². The summed E-state index contributed by atoms with van der Waals surface area (Å²) in [7, 11) is 1.70. The Balaban J connectivity index is 1.47. The Hall–Kier alpha value is -1.95. The standard InChI is InChI=1S/C22H29ClN2O3/c1-16-12-19(13-17(2)22(16)23)28-15-18(26)14-24-8-10-25(11-9-24)20-6-4-5-7-21(20)27-3/h4-7,12-13,18,26H,8-11,14-15H2,1-3H3. The molecular formula is C22H29ClN2O3. The average Bonchev–Trinajstić information content (AvgIpc) is 2.71. The molecular weight excluding hydrogens is 376 g/mol. The van der Waals surface area contributed by atoms with Gasteiger partial charge in [-0.15, -0.1) is 0 Å². The van der Waals surface area contributed by atoms with Crippen molar-refractivity contribution in [2.24, 2.45) is 0 Å². The van der Waals surface area contributed by atoms with Gasteiger partial charge in [-0.05, 0) is 49.2 Å². The van der Waals surface area contributed by atoms with Crippen LogP contribution in [-0.2, 0) is 0 Å². The van der Waals surface area contributed by atoms with Crippen LogP contribution in [0.15, 0.2) is 36.4 Å². The predicted octanol–water partition coefficient (Wildman–Crippen LogP) is 3.53. The molecule has 0 saturated carbocycles. The first-order valence-corrected chi connectivity index (χ1v) is 10.0. The summed E-state index contributed by atoms with van der Waals surface area (Å²) in [5.74, 6) is 1.65. The van der Waals surface area contributed by atoms with Crippen LogP contribution in [0, 0.1) is 13.8 Å². The molecule has 3 rings (SSSR count). The lowest BCUT2D eigenvalue weighted by atomic mass is 10.1. The Morgan fingerprint density at radius 2 is 1.71 bits per heavy atom. The molecule has 1 N–H and O–H groups in total. The minimum Gasteiger partial charge on any atom is -0.495 e. The molecule has 2 aromatic carbocycles. The van der Waals surface area contributed by atoms with Gasteiger partial charge in [0.15, 0.2) is 0 Å². The molecule has 1 unspecified atom stereocenters. The average molecular weight is 405 g/mol. The highest BCUT2D eigenvalue weighted by atomic mass is 35.5. The lowest BCUT2D eigenvalue weighted by Crippen LogP contribution is -2.49. The van der Waals surface area contributed by atoms with Crippen LogP contribution in [0.4, 0.5) is 5.69 Å². The normalized spacial score (nSPS) is 16.1. The van der Waals surface area contributed by atoms with E-state index in [4.69, 9.17) is 21.1 Å². The maximum atomic E-state index is 10.4. The lowest BCUT2D eigenvalue weighted by Gasteiger charge is -2.37. The van der Waals surface area contributed by atoms with Gasteiger partial charge in [0.1, 0.15) is 24.2 Å². The van der Waals surface area contributed by atoms with E-state index in [1.165, 1.54) is 0 Å². The maximum Gasteiger partial charge on any atom is 0.142 e. The summed E-state index contributed by atoms with van der Waals surface area (Å²) in [6.07, 6.45) is -0.533. The van der Waals surface area contributed by atoms with E-state index in [9.17, 15) is 5.11 Å². The fraction of sp³-hybridized carbons (Fsp3) is 0.455. The first-order valence-electron chi connectivity index (χ1n) is 9.66. The number of halogens is 1. The third-order valence-electron chi connectivity index (χ3n) is 5.12. The molecule has 0 radical (unpaired) electrons. The van der Waals surface area contributed by atoms with Gasteiger partial charge in [0.25, 0.3) is 0 Å². The molecule has 2 aromatic rings. The van der Waals surface area contributed by atoms with Gasteiger partial charge in [0.2, 0.25) is 0 Å². The number of nitrogens with zero attached hydrogens (tertiary/aromatic N) is 2. The zero-order valence-corrected chi connectivity index (χ0v) is 17.6. The zero-order chi connectivity index (χ0) is 20.1. The predicted molar refractivity (Wildman–Crippen MR) is 114 cm³/mol. The van der Waals surface area contributed by atoms with Crippen molar-refractivity contribution in [1.29, 1.82) is 0 Å². The number of hydrogen-bond donors (Lipinski definition) is 1. The molecule has 0 spiro atoms. The number of methoxy groups -OCH3 is 1. The van der Waals surface area contributed by atoms with Crippen molar-refractivity contribution in [2.75, 3.05) is 51.3 Å². The number of para-hydroxylation sites is 2.